The van der Waals surface area contributed by atoms with Crippen molar-refractivity contribution in [2.45, 2.75) is 0 Å². The molecule has 11 aromatic carbocycles. The van der Waals surface area contributed by atoms with Gasteiger partial charge in [0.25, 0.3) is 0 Å². The first-order valence-corrected chi connectivity index (χ1v) is 24.1. The van der Waals surface area contributed by atoms with E-state index < -0.39 is 0 Å². The molecule has 4 heteroatoms. The zero-order chi connectivity index (χ0) is 44.7. The van der Waals surface area contributed by atoms with Crippen LogP contribution in [0.5, 0.6) is 0 Å². The maximum absolute atomic E-state index is 2.52. The van der Waals surface area contributed by atoms with Gasteiger partial charge in [-0.05, 0) is 118 Å². The van der Waals surface area contributed by atoms with E-state index in [0.717, 1.165) is 34.1 Å². The summed E-state index contributed by atoms with van der Waals surface area (Å²) in [7, 11) is 0. The molecule has 0 unspecified atom stereocenters. The number of aromatic nitrogens is 1. The summed E-state index contributed by atoms with van der Waals surface area (Å²) in [5.41, 5.74) is 15.3. The van der Waals surface area contributed by atoms with Crippen LogP contribution in [-0.2, 0) is 0 Å². The van der Waals surface area contributed by atoms with Crippen LogP contribution in [0.2, 0.25) is 0 Å². The van der Waals surface area contributed by atoms with Crippen LogP contribution in [0.15, 0.2) is 249 Å². The van der Waals surface area contributed by atoms with Gasteiger partial charge in [0.1, 0.15) is 0 Å². The highest BCUT2D eigenvalue weighted by atomic mass is 32.1. The second-order valence-corrected chi connectivity index (χ2v) is 18.8. The molecule has 68 heavy (non-hydrogen) atoms. The van der Waals surface area contributed by atoms with Crippen molar-refractivity contribution in [2.24, 2.45) is 0 Å². The van der Waals surface area contributed by atoms with Crippen LogP contribution in [0.25, 0.3) is 91.3 Å². The second-order valence-electron chi connectivity index (χ2n) is 17.7. The fraction of sp³-hybridized carbons (Fsp3) is 0. The summed E-state index contributed by atoms with van der Waals surface area (Å²) in [6, 6.07) is 90.8. The first-order chi connectivity index (χ1) is 33.7. The Kier molecular flexibility index (Phi) is 8.76. The minimum Gasteiger partial charge on any atom is -0.310 e. The Bertz CT molecular complexity index is 4160. The predicted molar refractivity (Wildman–Crippen MR) is 292 cm³/mol. The number of hydrogen-bond acceptors (Lipinski definition) is 3. The number of rotatable bonds is 8. The van der Waals surface area contributed by atoms with Gasteiger partial charge in [-0.2, -0.15) is 0 Å². The normalized spacial score (nSPS) is 11.8. The van der Waals surface area contributed by atoms with Gasteiger partial charge in [0, 0.05) is 75.8 Å². The summed E-state index contributed by atoms with van der Waals surface area (Å²) >= 11 is 1.88. The molecule has 0 N–H and O–H groups in total. The summed E-state index contributed by atoms with van der Waals surface area (Å²) in [4.78, 5) is 4.75. The molecule has 3 heterocycles. The fourth-order valence-electron chi connectivity index (χ4n) is 10.8. The highest BCUT2D eigenvalue weighted by molar-refractivity contribution is 7.26. The molecule has 14 rings (SSSR count). The van der Waals surface area contributed by atoms with Gasteiger partial charge in [-0.25, -0.2) is 0 Å². The van der Waals surface area contributed by atoms with E-state index in [9.17, 15) is 0 Å². The smallest absolute Gasteiger partial charge is 0.0620 e. The Hall–Kier alpha value is -8.70. The lowest BCUT2D eigenvalue weighted by Crippen LogP contribution is -2.09. The highest BCUT2D eigenvalue weighted by Gasteiger charge is 2.23. The predicted octanol–water partition coefficient (Wildman–Crippen LogP) is 18.6. The maximum Gasteiger partial charge on any atom is 0.0620 e. The molecule has 0 spiro atoms. The Morgan fingerprint density at radius 2 is 0.721 bits per heavy atom. The lowest BCUT2D eigenvalue weighted by atomic mass is 9.98. The van der Waals surface area contributed by atoms with Gasteiger partial charge in [-0.15, -0.1) is 11.3 Å². The lowest BCUT2D eigenvalue weighted by Gasteiger charge is -2.26. The third-order valence-corrected chi connectivity index (χ3v) is 15.0. The van der Waals surface area contributed by atoms with Gasteiger partial charge in [-0.1, -0.05) is 164 Å². The topological polar surface area (TPSA) is 10.9 Å². The quantitative estimate of drug-likeness (QED) is 0.151. The molecule has 0 aliphatic rings. The van der Waals surface area contributed by atoms with E-state index in [0.29, 0.717) is 0 Å². The van der Waals surface area contributed by atoms with Crippen LogP contribution in [0.3, 0.4) is 0 Å². The van der Waals surface area contributed by atoms with Gasteiger partial charge < -0.3 is 14.2 Å². The number of nitrogens with zero attached hydrogens (tertiary/aromatic N) is 3. The SMILES string of the molecule is c1ccc(-c2ccc(N(c3ccccc3)c3ccc4c(c3)sc3ccc5c(ccc6c5c5cccc7c8ccc(N(c9ccccc9)c9ccc(-c%10ccccc%10)cc9)cc8n6c75)c34)cc2)cc1. The van der Waals surface area contributed by atoms with Crippen molar-refractivity contribution in [2.75, 3.05) is 9.80 Å². The molecule has 0 radical (unpaired) electrons. The molecule has 0 bridgehead atoms. The van der Waals surface area contributed by atoms with E-state index in [2.05, 4.69) is 263 Å². The number of para-hydroxylation sites is 3. The average Bonchev–Trinajstić information content (AvgIpc) is 4.08. The van der Waals surface area contributed by atoms with E-state index >= 15 is 0 Å². The molecule has 0 fully saturated rings. The van der Waals surface area contributed by atoms with Gasteiger partial charge >= 0.3 is 0 Å². The molecule has 318 valence electrons. The van der Waals surface area contributed by atoms with Gasteiger partial charge in [-0.3, -0.25) is 0 Å². The molecule has 0 amide bonds. The monoisotopic (exact) mass is 883 g/mol. The van der Waals surface area contributed by atoms with E-state index in [-0.39, 0.29) is 0 Å². The Balaban J connectivity index is 0.909. The molecule has 0 saturated heterocycles. The highest BCUT2D eigenvalue weighted by Crippen LogP contribution is 2.48. The van der Waals surface area contributed by atoms with Crippen molar-refractivity contribution in [3.05, 3.63) is 249 Å². The summed E-state index contributed by atoms with van der Waals surface area (Å²) in [5, 5.41) is 10.3. The summed E-state index contributed by atoms with van der Waals surface area (Å²) in [6.07, 6.45) is 0. The van der Waals surface area contributed by atoms with Crippen LogP contribution in [0, 0.1) is 0 Å². The summed E-state index contributed by atoms with van der Waals surface area (Å²) < 4.78 is 5.09. The van der Waals surface area contributed by atoms with Crippen molar-refractivity contribution >= 4 is 115 Å². The molecular formula is C64H41N3S. The van der Waals surface area contributed by atoms with E-state index in [1.54, 1.807) is 0 Å². The van der Waals surface area contributed by atoms with Crippen molar-refractivity contribution in [3.8, 4) is 22.3 Å². The minimum atomic E-state index is 1.12. The molecular weight excluding hydrogens is 843 g/mol. The first-order valence-electron chi connectivity index (χ1n) is 23.2. The average molecular weight is 884 g/mol. The van der Waals surface area contributed by atoms with Crippen molar-refractivity contribution in [3.63, 3.8) is 0 Å². The standard InChI is InChI=1S/C64H41N3S/c1-5-14-42(15-6-1)44-24-28-48(29-25-44)65(46-18-9-3-10-19-46)50-32-34-52-55-22-13-23-57-62-53-37-39-60-63(54(53)36-38-58(62)67(64(55)57)59(52)40-50)56-35-33-51(41-61(56)68-60)66(47-20-11-4-12-21-47)49-30-26-45(27-31-49)43-16-7-2-8-17-43/h1-41H. The number of anilines is 6. The molecule has 0 atom stereocenters. The fourth-order valence-corrected chi connectivity index (χ4v) is 12.0. The third kappa shape index (κ3) is 6.05. The zero-order valence-electron chi connectivity index (χ0n) is 36.9. The Morgan fingerprint density at radius 1 is 0.265 bits per heavy atom. The molecule has 0 aliphatic heterocycles. The minimum absolute atomic E-state index is 1.12. The zero-order valence-corrected chi connectivity index (χ0v) is 37.7. The summed E-state index contributed by atoms with van der Waals surface area (Å²) in [6.45, 7) is 0. The van der Waals surface area contributed by atoms with Crippen LogP contribution < -0.4 is 9.80 Å². The van der Waals surface area contributed by atoms with E-state index in [1.807, 2.05) is 11.3 Å². The van der Waals surface area contributed by atoms with Gasteiger partial charge in [0.05, 0.1) is 16.6 Å². The van der Waals surface area contributed by atoms with E-state index in [4.69, 9.17) is 0 Å². The molecule has 3 aromatic heterocycles. The largest absolute Gasteiger partial charge is 0.310 e. The van der Waals surface area contributed by atoms with Crippen LogP contribution in [-0.4, -0.2) is 4.40 Å². The second kappa shape index (κ2) is 15.5. The van der Waals surface area contributed by atoms with Gasteiger partial charge in [0.15, 0.2) is 0 Å². The van der Waals surface area contributed by atoms with Crippen LogP contribution in [0.1, 0.15) is 0 Å². The van der Waals surface area contributed by atoms with E-state index in [1.165, 1.54) is 91.3 Å². The maximum atomic E-state index is 2.52. The number of benzene rings is 11. The van der Waals surface area contributed by atoms with Crippen molar-refractivity contribution < 1.29 is 0 Å². The number of thiophene rings is 1. The van der Waals surface area contributed by atoms with Crippen LogP contribution in [0.4, 0.5) is 34.1 Å². The van der Waals surface area contributed by atoms with Gasteiger partial charge in [0.2, 0.25) is 0 Å². The summed E-state index contributed by atoms with van der Waals surface area (Å²) in [5.74, 6) is 0. The Morgan fingerprint density at radius 3 is 1.32 bits per heavy atom. The third-order valence-electron chi connectivity index (χ3n) is 13.9. The molecule has 3 nitrogen and oxygen atoms in total. The molecule has 14 aromatic rings. The molecule has 0 aliphatic carbocycles. The molecule has 0 saturated carbocycles. The number of fused-ring (bicyclic) bond motifs is 12. The first kappa shape index (κ1) is 38.6. The lowest BCUT2D eigenvalue weighted by molar-refractivity contribution is 1.28. The van der Waals surface area contributed by atoms with Crippen LogP contribution >= 0.6 is 11.3 Å². The van der Waals surface area contributed by atoms with Crippen molar-refractivity contribution in [1.29, 1.82) is 0 Å². The van der Waals surface area contributed by atoms with Crippen molar-refractivity contribution in [1.82, 2.24) is 4.40 Å². The Labute approximate surface area is 397 Å². The number of hydrogen-bond donors (Lipinski definition) is 0.